The zero-order valence-corrected chi connectivity index (χ0v) is 30.4. The molecule has 0 spiro atoms. The lowest BCUT2D eigenvalue weighted by Crippen LogP contribution is -2.00. The number of allylic oxidation sites excluding steroid dienone is 1. The second-order valence-electron chi connectivity index (χ2n) is 11.9. The predicted octanol–water partition coefficient (Wildman–Crippen LogP) is 12.8. The molecule has 0 aliphatic carbocycles. The van der Waals surface area contributed by atoms with Gasteiger partial charge in [-0.15, -0.1) is 6.58 Å². The first-order chi connectivity index (χ1) is 26.5. The highest BCUT2D eigenvalue weighted by Gasteiger charge is 2.16. The summed E-state index contributed by atoms with van der Waals surface area (Å²) in [7, 11) is 0. The number of nitrogens with zero attached hydrogens (tertiary/aromatic N) is 5. The van der Waals surface area contributed by atoms with Crippen molar-refractivity contribution in [3.63, 3.8) is 0 Å². The molecule has 0 aliphatic heterocycles. The average molecular weight is 698 g/mol. The molecule has 0 bridgehead atoms. The van der Waals surface area contributed by atoms with E-state index < -0.39 is 0 Å². The minimum absolute atomic E-state index is 0.558. The van der Waals surface area contributed by atoms with Crippen LogP contribution in [0.15, 0.2) is 171 Å². The van der Waals surface area contributed by atoms with E-state index >= 15 is 0 Å². The van der Waals surface area contributed by atoms with Gasteiger partial charge in [0.25, 0.3) is 0 Å². The van der Waals surface area contributed by atoms with E-state index in [9.17, 15) is 5.26 Å². The summed E-state index contributed by atoms with van der Waals surface area (Å²) >= 11 is 0. The van der Waals surface area contributed by atoms with E-state index in [1.54, 1.807) is 30.4 Å². The van der Waals surface area contributed by atoms with Crippen LogP contribution in [0.25, 0.3) is 79.4 Å². The number of hydrogen-bond acceptors (Lipinski definition) is 5. The molecule has 5 aromatic carbocycles. The average Bonchev–Trinajstić information content (AvgIpc) is 3.24. The van der Waals surface area contributed by atoms with Crippen LogP contribution in [-0.2, 0) is 0 Å². The molecular formula is C49H39N5. The maximum Gasteiger partial charge on any atom is 0.0991 e. The van der Waals surface area contributed by atoms with Gasteiger partial charge in [-0.25, -0.2) is 15.0 Å². The van der Waals surface area contributed by atoms with Crippen molar-refractivity contribution < 1.29 is 0 Å². The van der Waals surface area contributed by atoms with Crippen molar-refractivity contribution in [2.24, 2.45) is 0 Å². The summed E-state index contributed by atoms with van der Waals surface area (Å²) < 4.78 is 0. The van der Waals surface area contributed by atoms with Gasteiger partial charge in [-0.1, -0.05) is 134 Å². The van der Waals surface area contributed by atoms with Crippen molar-refractivity contribution in [2.75, 3.05) is 0 Å². The summed E-state index contributed by atoms with van der Waals surface area (Å²) in [6.07, 6.45) is 5.11. The number of hydrogen-bond donors (Lipinski definition) is 0. The van der Waals surface area contributed by atoms with Crippen LogP contribution in [0, 0.1) is 22.7 Å². The lowest BCUT2D eigenvalue weighted by atomic mass is 9.96. The van der Waals surface area contributed by atoms with E-state index in [1.807, 2.05) is 49.4 Å². The molecule has 5 nitrogen and oxygen atoms in total. The number of rotatable bonds is 8. The third-order valence-corrected chi connectivity index (χ3v) is 8.26. The molecule has 0 radical (unpaired) electrons. The lowest BCUT2D eigenvalue weighted by molar-refractivity contribution is 1.17. The molecule has 0 unspecified atom stereocenters. The van der Waals surface area contributed by atoms with Gasteiger partial charge in [0.2, 0.25) is 0 Å². The molecule has 5 heteroatoms. The van der Waals surface area contributed by atoms with Crippen LogP contribution in [0.5, 0.6) is 0 Å². The van der Waals surface area contributed by atoms with Crippen LogP contribution in [0.1, 0.15) is 30.8 Å². The van der Waals surface area contributed by atoms with Crippen LogP contribution in [0.4, 0.5) is 0 Å². The standard InChI is InChI=1S/C44H30N4.C3H6.C2H3N/c1-3-39-40(4-2)48-44(37-20-11-13-30(25-37)29-45)43(47-39)34-23-21-32(22-24-34)35-18-12-19-36(26-35)42-28-38(31-14-7-5-8-15-31)27-41(46-42)33-16-9-6-10-17-33;1-3-2;1-2-3/h3-28H,1-2H2;3H,1H2,2H3;1H3. The van der Waals surface area contributed by atoms with Gasteiger partial charge >= 0.3 is 0 Å². The SMILES string of the molecule is C=CC.C=Cc1nc(-c2ccc(-c3cccc(-c4cc(-c5ccccc5)cc(-c5ccccc5)n4)c3)cc2)c(-c2cccc(C#N)c2)nc1C=C.CC#N. The molecule has 2 heterocycles. The highest BCUT2D eigenvalue weighted by Crippen LogP contribution is 2.35. The molecule has 54 heavy (non-hydrogen) atoms. The topological polar surface area (TPSA) is 86.2 Å². The maximum atomic E-state index is 9.52. The van der Waals surface area contributed by atoms with Crippen molar-refractivity contribution in [2.45, 2.75) is 13.8 Å². The van der Waals surface area contributed by atoms with Crippen LogP contribution in [-0.4, -0.2) is 15.0 Å². The summed E-state index contributed by atoms with van der Waals surface area (Å²) in [5, 5.41) is 16.8. The summed E-state index contributed by atoms with van der Waals surface area (Å²) in [5.74, 6) is 0. The number of benzene rings is 5. The first kappa shape index (κ1) is 37.8. The van der Waals surface area contributed by atoms with Gasteiger partial charge in [-0.3, -0.25) is 0 Å². The van der Waals surface area contributed by atoms with Crippen LogP contribution in [0.3, 0.4) is 0 Å². The van der Waals surface area contributed by atoms with Crippen LogP contribution >= 0.6 is 0 Å². The van der Waals surface area contributed by atoms with Gasteiger partial charge in [0, 0.05) is 29.2 Å². The zero-order chi connectivity index (χ0) is 38.3. The monoisotopic (exact) mass is 697 g/mol. The van der Waals surface area contributed by atoms with Crippen molar-refractivity contribution in [3.8, 4) is 79.4 Å². The first-order valence-electron chi connectivity index (χ1n) is 17.4. The molecule has 7 rings (SSSR count). The first-order valence-corrected chi connectivity index (χ1v) is 17.4. The van der Waals surface area contributed by atoms with Crippen molar-refractivity contribution in [1.29, 1.82) is 10.5 Å². The molecule has 0 amide bonds. The summed E-state index contributed by atoms with van der Waals surface area (Å²) in [6, 6.07) is 53.2. The molecule has 2 aromatic heterocycles. The largest absolute Gasteiger partial charge is 0.248 e. The Morgan fingerprint density at radius 3 is 1.48 bits per heavy atom. The van der Waals surface area contributed by atoms with Gasteiger partial charge in [0.15, 0.2) is 0 Å². The van der Waals surface area contributed by atoms with Gasteiger partial charge < -0.3 is 0 Å². The maximum absolute atomic E-state index is 9.52. The van der Waals surface area contributed by atoms with E-state index in [4.69, 9.17) is 20.2 Å². The fraction of sp³-hybridized carbons (Fsp3) is 0.0408. The Bertz CT molecular complexity index is 2410. The van der Waals surface area contributed by atoms with Gasteiger partial charge in [0.05, 0.1) is 51.9 Å². The second-order valence-corrected chi connectivity index (χ2v) is 11.9. The lowest BCUT2D eigenvalue weighted by Gasteiger charge is -2.13. The molecule has 0 saturated heterocycles. The zero-order valence-electron chi connectivity index (χ0n) is 30.4. The fourth-order valence-corrected chi connectivity index (χ4v) is 5.81. The number of pyridine rings is 1. The Morgan fingerprint density at radius 1 is 0.463 bits per heavy atom. The smallest absolute Gasteiger partial charge is 0.0991 e. The normalized spacial score (nSPS) is 9.85. The molecular weight excluding hydrogens is 659 g/mol. The minimum atomic E-state index is 0.558. The second kappa shape index (κ2) is 18.7. The molecule has 260 valence electrons. The summed E-state index contributed by atoms with van der Waals surface area (Å²) in [4.78, 5) is 15.0. The fourth-order valence-electron chi connectivity index (χ4n) is 5.81. The molecule has 0 atom stereocenters. The highest BCUT2D eigenvalue weighted by molar-refractivity contribution is 5.83. The van der Waals surface area contributed by atoms with Gasteiger partial charge in [-0.05, 0) is 71.7 Å². The van der Waals surface area contributed by atoms with Crippen molar-refractivity contribution >= 4 is 12.2 Å². The van der Waals surface area contributed by atoms with E-state index in [0.29, 0.717) is 28.3 Å². The molecule has 0 N–H and O–H groups in total. The highest BCUT2D eigenvalue weighted by atomic mass is 14.8. The minimum Gasteiger partial charge on any atom is -0.248 e. The molecule has 0 aliphatic rings. The van der Waals surface area contributed by atoms with E-state index in [-0.39, 0.29) is 0 Å². The Kier molecular flexibility index (Phi) is 13.1. The van der Waals surface area contributed by atoms with Crippen LogP contribution < -0.4 is 0 Å². The van der Waals surface area contributed by atoms with Gasteiger partial charge in [-0.2, -0.15) is 10.5 Å². The molecule has 0 fully saturated rings. The van der Waals surface area contributed by atoms with E-state index in [0.717, 1.165) is 55.9 Å². The van der Waals surface area contributed by atoms with Crippen molar-refractivity contribution in [3.05, 3.63) is 188 Å². The van der Waals surface area contributed by atoms with E-state index in [2.05, 4.69) is 123 Å². The van der Waals surface area contributed by atoms with Gasteiger partial charge in [0.1, 0.15) is 0 Å². The van der Waals surface area contributed by atoms with Crippen LogP contribution in [0.2, 0.25) is 0 Å². The molecule has 7 aromatic rings. The quantitative estimate of drug-likeness (QED) is 0.148. The Labute approximate surface area is 318 Å². The predicted molar refractivity (Wildman–Crippen MR) is 224 cm³/mol. The van der Waals surface area contributed by atoms with E-state index in [1.165, 1.54) is 6.92 Å². The third-order valence-electron chi connectivity index (χ3n) is 8.26. The van der Waals surface area contributed by atoms with Crippen molar-refractivity contribution in [1.82, 2.24) is 15.0 Å². The molecule has 0 saturated carbocycles. The third kappa shape index (κ3) is 9.06. The number of aromatic nitrogens is 3. The Morgan fingerprint density at radius 2 is 0.907 bits per heavy atom. The Hall–Kier alpha value is -7.47. The Balaban J connectivity index is 0.000000878. The summed E-state index contributed by atoms with van der Waals surface area (Å²) in [5.41, 5.74) is 13.3. The number of nitriles is 2. The summed E-state index contributed by atoms with van der Waals surface area (Å²) in [6.45, 7) is 14.5.